The van der Waals surface area contributed by atoms with Gasteiger partial charge in [-0.25, -0.2) is 4.98 Å². The third-order valence-electron chi connectivity index (χ3n) is 5.81. The van der Waals surface area contributed by atoms with Crippen molar-refractivity contribution in [2.24, 2.45) is 0 Å². The second-order valence-electron chi connectivity index (χ2n) is 8.32. The van der Waals surface area contributed by atoms with Gasteiger partial charge in [-0.1, -0.05) is 53.4 Å². The van der Waals surface area contributed by atoms with E-state index in [1.165, 1.54) is 51.6 Å². The topological polar surface area (TPSA) is 54.1 Å². The van der Waals surface area contributed by atoms with Crippen LogP contribution in [0, 0.1) is 13.1 Å². The van der Waals surface area contributed by atoms with Gasteiger partial charge in [0, 0.05) is 39.4 Å². The molecule has 3 heterocycles. The molecule has 0 saturated heterocycles. The van der Waals surface area contributed by atoms with E-state index in [0.717, 1.165) is 21.6 Å². The number of carbonyl (C=O) groups excluding carboxylic acids is 1. The van der Waals surface area contributed by atoms with Crippen LogP contribution in [0.3, 0.4) is 0 Å². The van der Waals surface area contributed by atoms with E-state index in [-0.39, 0.29) is 31.6 Å². The van der Waals surface area contributed by atoms with E-state index < -0.39 is 0 Å². The SMILES string of the molecule is CC(=O)/C=C(/C)O.[CH2-][n+]1c(-c2[c-]ccc3c2sc2ncccc23)ccc2c3ccccc3ccc21.[Ir]. The number of ketones is 1. The van der Waals surface area contributed by atoms with Gasteiger partial charge in [0.2, 0.25) is 0 Å². The summed E-state index contributed by atoms with van der Waals surface area (Å²) in [4.78, 5) is 15.6. The minimum Gasteiger partial charge on any atom is -0.512 e. The number of fused-ring (bicyclic) bond motifs is 6. The molecule has 3 aromatic carbocycles. The molecule has 6 rings (SSSR count). The van der Waals surface area contributed by atoms with Crippen molar-refractivity contribution < 1.29 is 34.6 Å². The zero-order chi connectivity index (χ0) is 24.5. The summed E-state index contributed by atoms with van der Waals surface area (Å²) in [5.41, 5.74) is 3.24. The number of hydrogen-bond acceptors (Lipinski definition) is 4. The number of allylic oxidation sites excluding steroid dienone is 2. The number of aromatic nitrogens is 2. The number of nitrogens with zero attached hydrogens (tertiary/aromatic N) is 2. The molecule has 1 radical (unpaired) electrons. The Morgan fingerprint density at radius 3 is 2.50 bits per heavy atom. The normalized spacial score (nSPS) is 11.3. The second-order valence-corrected chi connectivity index (χ2v) is 9.32. The Bertz CT molecular complexity index is 1770. The summed E-state index contributed by atoms with van der Waals surface area (Å²) in [5.74, 6) is -0.0625. The molecule has 0 spiro atoms. The monoisotopic (exact) mass is 668 g/mol. The van der Waals surface area contributed by atoms with Crippen LogP contribution in [0.2, 0.25) is 0 Å². The van der Waals surface area contributed by atoms with Crippen molar-refractivity contribution in [3.8, 4) is 11.3 Å². The zero-order valence-corrected chi connectivity index (χ0v) is 23.0. The van der Waals surface area contributed by atoms with E-state index in [1.807, 2.05) is 22.9 Å². The molecule has 0 atom stereocenters. The van der Waals surface area contributed by atoms with Crippen LogP contribution in [0.4, 0.5) is 0 Å². The molecule has 6 aromatic rings. The Labute approximate surface area is 226 Å². The molecule has 0 aliphatic rings. The molecule has 181 valence electrons. The summed E-state index contributed by atoms with van der Waals surface area (Å²) in [6.45, 7) is 2.85. The summed E-state index contributed by atoms with van der Waals surface area (Å²) in [5, 5.41) is 14.5. The Hall–Kier alpha value is -3.57. The van der Waals surface area contributed by atoms with E-state index in [1.54, 1.807) is 11.3 Å². The number of benzene rings is 3. The van der Waals surface area contributed by atoms with Crippen molar-refractivity contribution in [3.05, 3.63) is 104 Å². The quantitative estimate of drug-likeness (QED) is 0.0700. The fraction of sp³-hybridized carbons (Fsp3) is 0.0667. The van der Waals surface area contributed by atoms with Gasteiger partial charge in [0.15, 0.2) is 5.78 Å². The Morgan fingerprint density at radius 2 is 1.75 bits per heavy atom. The first-order valence-corrected chi connectivity index (χ1v) is 12.0. The summed E-state index contributed by atoms with van der Waals surface area (Å²) in [6, 6.07) is 28.9. The van der Waals surface area contributed by atoms with Gasteiger partial charge in [0.05, 0.1) is 5.76 Å². The van der Waals surface area contributed by atoms with E-state index in [2.05, 4.69) is 78.8 Å². The maximum absolute atomic E-state index is 10.0. The summed E-state index contributed by atoms with van der Waals surface area (Å²) in [6.07, 6.45) is 3.02. The molecule has 36 heavy (non-hydrogen) atoms. The van der Waals surface area contributed by atoms with Gasteiger partial charge in [-0.15, -0.1) is 18.2 Å². The standard InChI is InChI=1S/C25H15N2S.C5H8O2.Ir/c1-27-22-13-11-16-6-2-3-7-17(16)18(22)12-14-23(27)21-9-4-8-19-20-10-5-15-26-25(20)28-24(19)21;1-4(6)3-5(2)7;/h2-8,10-15H,1H2;3,6H,1-2H3;/q-1;;/b;4-3-;. The molecule has 3 aromatic heterocycles. The maximum Gasteiger partial charge on any atom is 0.155 e. The number of carbonyl (C=O) groups is 1. The van der Waals surface area contributed by atoms with Crippen molar-refractivity contribution in [3.63, 3.8) is 0 Å². The molecular weight excluding hydrogens is 645 g/mol. The van der Waals surface area contributed by atoms with Gasteiger partial charge in [0.1, 0.15) is 16.0 Å². The number of hydrogen-bond donors (Lipinski definition) is 1. The smallest absolute Gasteiger partial charge is 0.155 e. The van der Waals surface area contributed by atoms with Crippen LogP contribution >= 0.6 is 11.3 Å². The molecule has 0 fully saturated rings. The minimum absolute atomic E-state index is 0. The van der Waals surface area contributed by atoms with E-state index in [9.17, 15) is 4.79 Å². The summed E-state index contributed by atoms with van der Waals surface area (Å²) >= 11 is 1.72. The molecule has 1 N–H and O–H groups in total. The molecule has 0 amide bonds. The Kier molecular flexibility index (Phi) is 7.51. The number of aliphatic hydroxyl groups is 1. The third kappa shape index (κ3) is 4.76. The number of rotatable bonds is 2. The third-order valence-corrected chi connectivity index (χ3v) is 6.96. The maximum atomic E-state index is 10.0. The minimum atomic E-state index is -0.125. The number of pyridine rings is 2. The van der Waals surface area contributed by atoms with Crippen molar-refractivity contribution in [2.45, 2.75) is 13.8 Å². The predicted octanol–water partition coefficient (Wildman–Crippen LogP) is 7.18. The van der Waals surface area contributed by atoms with Gasteiger partial charge in [-0.2, -0.15) is 11.3 Å². The van der Waals surface area contributed by atoms with Crippen LogP contribution in [0.5, 0.6) is 0 Å². The van der Waals surface area contributed by atoms with Crippen LogP contribution in [0.25, 0.3) is 53.2 Å². The molecular formula is C30H23IrN2O2S-. The van der Waals surface area contributed by atoms with Crippen molar-refractivity contribution in [2.75, 3.05) is 0 Å². The summed E-state index contributed by atoms with van der Waals surface area (Å²) in [7, 11) is 4.38. The Morgan fingerprint density at radius 1 is 0.972 bits per heavy atom. The zero-order valence-electron chi connectivity index (χ0n) is 19.8. The largest absolute Gasteiger partial charge is 0.512 e. The van der Waals surface area contributed by atoms with Crippen LogP contribution in [0.15, 0.2) is 90.8 Å². The molecule has 0 aliphatic heterocycles. The first-order chi connectivity index (χ1) is 16.9. The van der Waals surface area contributed by atoms with Gasteiger partial charge < -0.3 is 9.67 Å². The second kappa shape index (κ2) is 10.6. The van der Waals surface area contributed by atoms with Crippen LogP contribution in [-0.4, -0.2) is 15.9 Å². The first-order valence-electron chi connectivity index (χ1n) is 11.2. The van der Waals surface area contributed by atoms with E-state index in [0.29, 0.717) is 0 Å². The summed E-state index contributed by atoms with van der Waals surface area (Å²) < 4.78 is 3.24. The number of thiophene rings is 1. The van der Waals surface area contributed by atoms with E-state index >= 15 is 0 Å². The molecule has 0 unspecified atom stereocenters. The molecule has 0 aliphatic carbocycles. The fourth-order valence-electron chi connectivity index (χ4n) is 4.36. The van der Waals surface area contributed by atoms with Crippen LogP contribution < -0.4 is 4.57 Å². The molecule has 0 saturated carbocycles. The van der Waals surface area contributed by atoms with Crippen LogP contribution in [0.1, 0.15) is 13.8 Å². The van der Waals surface area contributed by atoms with Crippen molar-refractivity contribution >= 4 is 59.1 Å². The van der Waals surface area contributed by atoms with Gasteiger partial charge in [0.25, 0.3) is 0 Å². The average molecular weight is 668 g/mol. The van der Waals surface area contributed by atoms with Gasteiger partial charge in [-0.05, 0) is 58.3 Å². The number of aliphatic hydroxyl groups excluding tert-OH is 1. The Balaban J connectivity index is 0.000000338. The molecule has 0 bridgehead atoms. The predicted molar refractivity (Wildman–Crippen MR) is 144 cm³/mol. The van der Waals surface area contributed by atoms with Crippen LogP contribution in [-0.2, 0) is 24.9 Å². The first kappa shape index (κ1) is 25.5. The van der Waals surface area contributed by atoms with Crippen molar-refractivity contribution in [1.82, 2.24) is 4.98 Å². The van der Waals surface area contributed by atoms with Gasteiger partial charge in [-0.3, -0.25) is 4.79 Å². The molecule has 6 heteroatoms. The molecule has 4 nitrogen and oxygen atoms in total. The van der Waals surface area contributed by atoms with Crippen molar-refractivity contribution in [1.29, 1.82) is 0 Å². The van der Waals surface area contributed by atoms with E-state index in [4.69, 9.17) is 5.11 Å². The fourth-order valence-corrected chi connectivity index (χ4v) is 5.50. The van der Waals surface area contributed by atoms with Gasteiger partial charge >= 0.3 is 0 Å². The average Bonchev–Trinajstić information content (AvgIpc) is 3.23.